The van der Waals surface area contributed by atoms with Crippen molar-refractivity contribution in [3.05, 3.63) is 36.2 Å². The molecule has 0 aliphatic carbocycles. The molecule has 1 aliphatic heterocycles. The molecule has 0 unspecified atom stereocenters. The van der Waals surface area contributed by atoms with E-state index in [0.717, 1.165) is 16.9 Å². The lowest BCUT2D eigenvalue weighted by molar-refractivity contribution is 0.0303. The predicted molar refractivity (Wildman–Crippen MR) is 88.1 cm³/mol. The summed E-state index contributed by atoms with van der Waals surface area (Å²) in [6.45, 7) is 2.24. The molecule has 0 bridgehead atoms. The molecule has 0 spiro atoms. The van der Waals surface area contributed by atoms with Gasteiger partial charge in [-0.15, -0.1) is 0 Å². The highest BCUT2D eigenvalue weighted by atomic mass is 16.5. The zero-order valence-corrected chi connectivity index (χ0v) is 13.0. The van der Waals surface area contributed by atoms with E-state index >= 15 is 0 Å². The quantitative estimate of drug-likeness (QED) is 0.885. The second kappa shape index (κ2) is 6.62. The number of nitrogens with two attached hydrogens (primary N) is 1. The average Bonchev–Trinajstić information content (AvgIpc) is 2.62. The van der Waals surface area contributed by atoms with Crippen LogP contribution < -0.4 is 11.1 Å². The molecular formula is C16H19N5O2. The van der Waals surface area contributed by atoms with Gasteiger partial charge in [-0.1, -0.05) is 0 Å². The summed E-state index contributed by atoms with van der Waals surface area (Å²) in [6.07, 6.45) is 3.38. The Labute approximate surface area is 134 Å². The third-order valence-electron chi connectivity index (χ3n) is 3.80. The molecule has 0 atom stereocenters. The zero-order chi connectivity index (χ0) is 16.2. The van der Waals surface area contributed by atoms with Crippen LogP contribution in [0.15, 0.2) is 30.6 Å². The predicted octanol–water partition coefficient (Wildman–Crippen LogP) is 1.24. The highest BCUT2D eigenvalue weighted by Gasteiger charge is 2.21. The highest BCUT2D eigenvalue weighted by molar-refractivity contribution is 5.99. The van der Waals surface area contributed by atoms with Gasteiger partial charge in [0.15, 0.2) is 0 Å². The van der Waals surface area contributed by atoms with Crippen LogP contribution in [0.2, 0.25) is 0 Å². The molecule has 0 saturated carbocycles. The minimum absolute atomic E-state index is 0.108. The largest absolute Gasteiger partial charge is 0.383 e. The fourth-order valence-corrected chi connectivity index (χ4v) is 2.49. The highest BCUT2D eigenvalue weighted by Crippen LogP contribution is 2.24. The van der Waals surface area contributed by atoms with Crippen molar-refractivity contribution in [2.75, 3.05) is 44.4 Å². The number of nitrogens with one attached hydrogen (secondary N) is 1. The number of amides is 1. The number of hydrogen-bond donors (Lipinski definition) is 2. The van der Waals surface area contributed by atoms with Crippen molar-refractivity contribution in [1.82, 2.24) is 14.9 Å². The molecule has 1 saturated heterocycles. The Bertz CT molecular complexity index is 713. The lowest BCUT2D eigenvalue weighted by Gasteiger charge is -2.27. The molecule has 3 rings (SSSR count). The first-order valence-corrected chi connectivity index (χ1v) is 7.46. The number of rotatable bonds is 3. The van der Waals surface area contributed by atoms with Gasteiger partial charge in [0.1, 0.15) is 11.6 Å². The molecule has 2 aromatic heterocycles. The minimum atomic E-state index is -0.108. The van der Waals surface area contributed by atoms with Gasteiger partial charge in [-0.3, -0.25) is 4.79 Å². The third kappa shape index (κ3) is 3.24. The van der Waals surface area contributed by atoms with Gasteiger partial charge >= 0.3 is 0 Å². The Kier molecular flexibility index (Phi) is 4.38. The van der Waals surface area contributed by atoms with Crippen LogP contribution in [-0.2, 0) is 4.74 Å². The Balaban J connectivity index is 1.93. The molecule has 2 aromatic rings. The molecule has 0 aromatic carbocycles. The molecule has 3 N–H and O–H groups in total. The first-order valence-electron chi connectivity index (χ1n) is 7.46. The van der Waals surface area contributed by atoms with Crippen LogP contribution >= 0.6 is 0 Å². The summed E-state index contributed by atoms with van der Waals surface area (Å²) in [5.41, 5.74) is 8.09. The summed E-state index contributed by atoms with van der Waals surface area (Å²) in [5, 5.41) is 2.99. The standard InChI is InChI=1S/C16H19N5O2/c1-18-14-9-11(2-3-19-14)12-8-13(15(17)20-10-12)16(22)21-4-6-23-7-5-21/h2-3,8-10H,4-7H2,1H3,(H2,17,20)(H,18,19). The zero-order valence-electron chi connectivity index (χ0n) is 13.0. The van der Waals surface area contributed by atoms with Gasteiger partial charge in [0.05, 0.1) is 18.8 Å². The van der Waals surface area contributed by atoms with Gasteiger partial charge < -0.3 is 20.7 Å². The maximum absolute atomic E-state index is 12.7. The second-order valence-corrected chi connectivity index (χ2v) is 5.24. The topological polar surface area (TPSA) is 93.4 Å². The van der Waals surface area contributed by atoms with Gasteiger partial charge in [-0.25, -0.2) is 9.97 Å². The Hall–Kier alpha value is -2.67. The van der Waals surface area contributed by atoms with Gasteiger partial charge in [-0.05, 0) is 23.8 Å². The number of anilines is 2. The number of nitrogens with zero attached hydrogens (tertiary/aromatic N) is 3. The van der Waals surface area contributed by atoms with Crippen molar-refractivity contribution in [1.29, 1.82) is 0 Å². The van der Waals surface area contributed by atoms with E-state index < -0.39 is 0 Å². The van der Waals surface area contributed by atoms with E-state index in [-0.39, 0.29) is 11.7 Å². The van der Waals surface area contributed by atoms with E-state index in [4.69, 9.17) is 10.5 Å². The summed E-state index contributed by atoms with van der Waals surface area (Å²) in [7, 11) is 1.81. The summed E-state index contributed by atoms with van der Waals surface area (Å²) >= 11 is 0. The molecule has 1 fully saturated rings. The van der Waals surface area contributed by atoms with Gasteiger partial charge in [-0.2, -0.15) is 0 Å². The molecular weight excluding hydrogens is 294 g/mol. The summed E-state index contributed by atoms with van der Waals surface area (Å²) in [5.74, 6) is 0.886. The maximum atomic E-state index is 12.7. The van der Waals surface area contributed by atoms with Crippen molar-refractivity contribution in [3.8, 4) is 11.1 Å². The normalized spacial score (nSPS) is 14.6. The molecule has 23 heavy (non-hydrogen) atoms. The fraction of sp³-hybridized carbons (Fsp3) is 0.312. The van der Waals surface area contributed by atoms with Crippen LogP contribution in [0.4, 0.5) is 11.6 Å². The number of aromatic nitrogens is 2. The summed E-state index contributed by atoms with van der Waals surface area (Å²) in [4.78, 5) is 22.8. The monoisotopic (exact) mass is 313 g/mol. The van der Waals surface area contributed by atoms with Crippen LogP contribution in [-0.4, -0.2) is 54.1 Å². The maximum Gasteiger partial charge on any atom is 0.257 e. The SMILES string of the molecule is CNc1cc(-c2cnc(N)c(C(=O)N3CCOCC3)c2)ccn1. The van der Waals surface area contributed by atoms with Crippen molar-refractivity contribution in [3.63, 3.8) is 0 Å². The van der Waals surface area contributed by atoms with Crippen LogP contribution in [0.3, 0.4) is 0 Å². The number of nitrogen functional groups attached to an aromatic ring is 1. The molecule has 7 nitrogen and oxygen atoms in total. The van der Waals surface area contributed by atoms with Gasteiger partial charge in [0.2, 0.25) is 0 Å². The lowest BCUT2D eigenvalue weighted by atomic mass is 10.1. The van der Waals surface area contributed by atoms with Crippen molar-refractivity contribution in [2.24, 2.45) is 0 Å². The second-order valence-electron chi connectivity index (χ2n) is 5.24. The Morgan fingerprint density at radius 2 is 2.04 bits per heavy atom. The molecule has 0 radical (unpaired) electrons. The van der Waals surface area contributed by atoms with Crippen molar-refractivity contribution >= 4 is 17.5 Å². The van der Waals surface area contributed by atoms with E-state index in [9.17, 15) is 4.79 Å². The molecule has 1 aliphatic rings. The van der Waals surface area contributed by atoms with Gasteiger partial charge in [0, 0.05) is 38.1 Å². The van der Waals surface area contributed by atoms with Gasteiger partial charge in [0.25, 0.3) is 5.91 Å². The molecule has 3 heterocycles. The van der Waals surface area contributed by atoms with E-state index in [1.54, 1.807) is 30.4 Å². The fourth-order valence-electron chi connectivity index (χ4n) is 2.49. The minimum Gasteiger partial charge on any atom is -0.383 e. The van der Waals surface area contributed by atoms with Crippen molar-refractivity contribution < 1.29 is 9.53 Å². The summed E-state index contributed by atoms with van der Waals surface area (Å²) < 4.78 is 5.28. The van der Waals surface area contributed by atoms with Crippen molar-refractivity contribution in [2.45, 2.75) is 0 Å². The average molecular weight is 313 g/mol. The van der Waals surface area contributed by atoms with Crippen LogP contribution in [0.25, 0.3) is 11.1 Å². The van der Waals surface area contributed by atoms with Crippen LogP contribution in [0, 0.1) is 0 Å². The number of carbonyl (C=O) groups is 1. The van der Waals surface area contributed by atoms with E-state index in [1.807, 2.05) is 12.1 Å². The number of pyridine rings is 2. The lowest BCUT2D eigenvalue weighted by Crippen LogP contribution is -2.41. The first kappa shape index (κ1) is 15.2. The molecule has 1 amide bonds. The van der Waals surface area contributed by atoms with E-state index in [2.05, 4.69) is 15.3 Å². The number of carbonyl (C=O) groups excluding carboxylic acids is 1. The Morgan fingerprint density at radius 3 is 2.78 bits per heavy atom. The summed E-state index contributed by atoms with van der Waals surface area (Å²) in [6, 6.07) is 5.56. The number of morpholine rings is 1. The smallest absolute Gasteiger partial charge is 0.257 e. The number of hydrogen-bond acceptors (Lipinski definition) is 6. The van der Waals surface area contributed by atoms with Crippen LogP contribution in [0.1, 0.15) is 10.4 Å². The molecule has 7 heteroatoms. The molecule has 120 valence electrons. The first-order chi connectivity index (χ1) is 11.2. The van der Waals surface area contributed by atoms with E-state index in [0.29, 0.717) is 31.9 Å². The third-order valence-corrected chi connectivity index (χ3v) is 3.80. The van der Waals surface area contributed by atoms with E-state index in [1.165, 1.54) is 0 Å². The van der Waals surface area contributed by atoms with Crippen LogP contribution in [0.5, 0.6) is 0 Å². The Morgan fingerprint density at radius 1 is 1.26 bits per heavy atom. The number of ether oxygens (including phenoxy) is 1.